The molecule has 0 fully saturated rings. The maximum Gasteiger partial charge on any atom is 0.271 e. The van der Waals surface area contributed by atoms with Crippen LogP contribution in [0.5, 0.6) is 5.75 Å². The van der Waals surface area contributed by atoms with Crippen molar-refractivity contribution in [3.63, 3.8) is 0 Å². The Kier molecular flexibility index (Phi) is 3.48. The van der Waals surface area contributed by atoms with Crippen molar-refractivity contribution in [3.05, 3.63) is 45.8 Å². The first-order chi connectivity index (χ1) is 9.06. The summed E-state index contributed by atoms with van der Waals surface area (Å²) in [7, 11) is 1.50. The highest BCUT2D eigenvalue weighted by atomic mass is 16.6. The van der Waals surface area contributed by atoms with E-state index in [0.29, 0.717) is 18.0 Å². The highest BCUT2D eigenvalue weighted by Gasteiger charge is 2.14. The molecule has 2 rings (SSSR count). The van der Waals surface area contributed by atoms with Crippen molar-refractivity contribution < 1.29 is 9.66 Å². The second kappa shape index (κ2) is 5.07. The van der Waals surface area contributed by atoms with Crippen LogP contribution >= 0.6 is 0 Å². The molecular weight excluding hydrogens is 248 g/mol. The Bertz CT molecular complexity index is 621. The maximum atomic E-state index is 10.8. The Morgan fingerprint density at radius 2 is 2.26 bits per heavy atom. The number of nitrogens with zero attached hydrogens (tertiary/aromatic N) is 3. The van der Waals surface area contributed by atoms with Crippen LogP contribution in [0.2, 0.25) is 0 Å². The number of ether oxygens (including phenoxy) is 1. The summed E-state index contributed by atoms with van der Waals surface area (Å²) in [5, 5.41) is 15.1. The van der Waals surface area contributed by atoms with Gasteiger partial charge in [0.2, 0.25) is 0 Å². The molecule has 0 radical (unpaired) electrons. The van der Waals surface area contributed by atoms with Crippen LogP contribution in [0.4, 0.5) is 5.69 Å². The highest BCUT2D eigenvalue weighted by Crippen LogP contribution is 2.27. The lowest BCUT2D eigenvalue weighted by molar-refractivity contribution is -0.384. The molecule has 0 aliphatic rings. The van der Waals surface area contributed by atoms with Crippen LogP contribution in [0.3, 0.4) is 0 Å². The fraction of sp³-hybridized carbons (Fsp3) is 0.250. The number of methoxy groups -OCH3 is 1. The third kappa shape index (κ3) is 2.41. The van der Waals surface area contributed by atoms with E-state index in [1.165, 1.54) is 19.2 Å². The molecule has 0 saturated carbocycles. The Balaban J connectivity index is 2.57. The fourth-order valence-corrected chi connectivity index (χ4v) is 1.79. The molecule has 2 aromatic rings. The molecule has 0 atom stereocenters. The van der Waals surface area contributed by atoms with Gasteiger partial charge in [-0.25, -0.2) is 4.68 Å². The third-order valence-electron chi connectivity index (χ3n) is 2.84. The average molecular weight is 262 g/mol. The first-order valence-electron chi connectivity index (χ1n) is 5.65. The monoisotopic (exact) mass is 262 g/mol. The minimum absolute atomic E-state index is 0.0155. The number of nitro benzene ring substituents is 1. The fourth-order valence-electron chi connectivity index (χ4n) is 1.79. The zero-order chi connectivity index (χ0) is 14.0. The number of hydrogen-bond acceptors (Lipinski definition) is 5. The van der Waals surface area contributed by atoms with Gasteiger partial charge in [-0.1, -0.05) is 0 Å². The maximum absolute atomic E-state index is 10.8. The molecule has 0 amide bonds. The molecule has 1 aromatic heterocycles. The van der Waals surface area contributed by atoms with Gasteiger partial charge in [-0.15, -0.1) is 0 Å². The second-order valence-electron chi connectivity index (χ2n) is 4.00. The Labute approximate surface area is 109 Å². The Morgan fingerprint density at radius 1 is 1.53 bits per heavy atom. The van der Waals surface area contributed by atoms with E-state index < -0.39 is 4.92 Å². The number of non-ortho nitro benzene ring substituents is 1. The number of aromatic nitrogens is 2. The number of nitrogens with two attached hydrogens (primary N) is 1. The van der Waals surface area contributed by atoms with Gasteiger partial charge < -0.3 is 10.5 Å². The van der Waals surface area contributed by atoms with E-state index in [9.17, 15) is 10.1 Å². The van der Waals surface area contributed by atoms with Gasteiger partial charge in [0.1, 0.15) is 11.4 Å². The van der Waals surface area contributed by atoms with Crippen LogP contribution in [0.25, 0.3) is 5.69 Å². The van der Waals surface area contributed by atoms with Gasteiger partial charge in [-0.05, 0) is 13.0 Å². The molecule has 2 N–H and O–H groups in total. The molecule has 19 heavy (non-hydrogen) atoms. The lowest BCUT2D eigenvalue weighted by atomic mass is 10.2. The van der Waals surface area contributed by atoms with E-state index in [1.54, 1.807) is 16.9 Å². The summed E-state index contributed by atoms with van der Waals surface area (Å²) in [6.45, 7) is 2.20. The molecule has 0 bridgehead atoms. The lowest BCUT2D eigenvalue weighted by Crippen LogP contribution is -2.00. The predicted molar refractivity (Wildman–Crippen MR) is 69.4 cm³/mol. The SMILES string of the molecule is COc1ccc([N+](=O)[O-])cc1-n1cc(CN)c(C)n1. The molecule has 0 aliphatic carbocycles. The summed E-state index contributed by atoms with van der Waals surface area (Å²) in [5.74, 6) is 0.511. The molecule has 0 aliphatic heterocycles. The van der Waals surface area contributed by atoms with Crippen LogP contribution in [-0.2, 0) is 6.54 Å². The first-order valence-corrected chi connectivity index (χ1v) is 5.65. The van der Waals surface area contributed by atoms with Crippen LogP contribution in [0.1, 0.15) is 11.3 Å². The molecule has 100 valence electrons. The van der Waals surface area contributed by atoms with Crippen molar-refractivity contribution >= 4 is 5.69 Å². The summed E-state index contributed by atoms with van der Waals surface area (Å²) >= 11 is 0. The first kappa shape index (κ1) is 13.0. The summed E-state index contributed by atoms with van der Waals surface area (Å²) < 4.78 is 6.75. The normalized spacial score (nSPS) is 10.5. The number of hydrogen-bond donors (Lipinski definition) is 1. The van der Waals surface area contributed by atoms with Crippen LogP contribution in [0.15, 0.2) is 24.4 Å². The van der Waals surface area contributed by atoms with E-state index >= 15 is 0 Å². The zero-order valence-corrected chi connectivity index (χ0v) is 10.7. The molecule has 0 unspecified atom stereocenters. The smallest absolute Gasteiger partial charge is 0.271 e. The number of rotatable bonds is 4. The van der Waals surface area contributed by atoms with Gasteiger partial charge >= 0.3 is 0 Å². The van der Waals surface area contributed by atoms with Gasteiger partial charge in [0.05, 0.1) is 17.7 Å². The summed E-state index contributed by atoms with van der Waals surface area (Å²) in [5.41, 5.74) is 7.77. The van der Waals surface area contributed by atoms with Crippen molar-refractivity contribution in [2.24, 2.45) is 5.73 Å². The van der Waals surface area contributed by atoms with Gasteiger partial charge in [0, 0.05) is 30.4 Å². The van der Waals surface area contributed by atoms with Crippen molar-refractivity contribution in [1.82, 2.24) is 9.78 Å². The Hall–Kier alpha value is -2.41. The summed E-state index contributed by atoms with van der Waals surface area (Å²) in [6, 6.07) is 4.36. The summed E-state index contributed by atoms with van der Waals surface area (Å²) in [6.07, 6.45) is 1.75. The molecule has 0 spiro atoms. The van der Waals surface area contributed by atoms with Crippen molar-refractivity contribution in [2.45, 2.75) is 13.5 Å². The minimum atomic E-state index is -0.455. The van der Waals surface area contributed by atoms with Crippen molar-refractivity contribution in [2.75, 3.05) is 7.11 Å². The zero-order valence-electron chi connectivity index (χ0n) is 10.7. The number of nitro groups is 1. The van der Waals surface area contributed by atoms with Gasteiger partial charge in [-0.3, -0.25) is 10.1 Å². The quantitative estimate of drug-likeness (QED) is 0.666. The minimum Gasteiger partial charge on any atom is -0.494 e. The van der Waals surface area contributed by atoms with Gasteiger partial charge in [0.15, 0.2) is 0 Å². The average Bonchev–Trinajstić information content (AvgIpc) is 2.79. The van der Waals surface area contributed by atoms with Gasteiger partial charge in [0.25, 0.3) is 5.69 Å². The van der Waals surface area contributed by atoms with E-state index in [-0.39, 0.29) is 5.69 Å². The van der Waals surface area contributed by atoms with Crippen LogP contribution in [-0.4, -0.2) is 21.8 Å². The molecule has 7 heteroatoms. The van der Waals surface area contributed by atoms with Gasteiger partial charge in [-0.2, -0.15) is 5.10 Å². The number of benzene rings is 1. The molecule has 1 heterocycles. The highest BCUT2D eigenvalue weighted by molar-refractivity contribution is 5.53. The molecule has 1 aromatic carbocycles. The van der Waals surface area contributed by atoms with Crippen molar-refractivity contribution in [1.29, 1.82) is 0 Å². The largest absolute Gasteiger partial charge is 0.494 e. The topological polar surface area (TPSA) is 96.2 Å². The second-order valence-corrected chi connectivity index (χ2v) is 4.00. The predicted octanol–water partition coefficient (Wildman–Crippen LogP) is 1.56. The lowest BCUT2D eigenvalue weighted by Gasteiger charge is -2.07. The third-order valence-corrected chi connectivity index (χ3v) is 2.84. The molecular formula is C12H14N4O3. The van der Waals surface area contributed by atoms with Crippen LogP contribution in [0, 0.1) is 17.0 Å². The summed E-state index contributed by atoms with van der Waals surface area (Å²) in [4.78, 5) is 10.4. The van der Waals surface area contributed by atoms with Crippen molar-refractivity contribution in [3.8, 4) is 11.4 Å². The van der Waals surface area contributed by atoms with E-state index in [0.717, 1.165) is 11.3 Å². The van der Waals surface area contributed by atoms with E-state index in [4.69, 9.17) is 10.5 Å². The van der Waals surface area contributed by atoms with Crippen LogP contribution < -0.4 is 10.5 Å². The molecule has 7 nitrogen and oxygen atoms in total. The van der Waals surface area contributed by atoms with E-state index in [1.807, 2.05) is 6.92 Å². The standard InChI is InChI=1S/C12H14N4O3/c1-8-9(6-13)7-15(14-8)11-5-10(16(17)18)3-4-12(11)19-2/h3-5,7H,6,13H2,1-2H3. The van der Waals surface area contributed by atoms with E-state index in [2.05, 4.69) is 5.10 Å². The molecule has 0 saturated heterocycles. The Morgan fingerprint density at radius 3 is 2.79 bits per heavy atom. The number of aryl methyl sites for hydroxylation is 1.